The Labute approximate surface area is 136 Å². The number of carboxylic acids is 1. The quantitative estimate of drug-likeness (QED) is 0.206. The maximum Gasteiger partial charge on any atom is 0.328 e. The first-order chi connectivity index (χ1) is 10.7. The average Bonchev–Trinajstić information content (AvgIpc) is 2.49. The van der Waals surface area contributed by atoms with Crippen LogP contribution in [0.5, 0.6) is 0 Å². The van der Waals surface area contributed by atoms with Crippen LogP contribution in [0.4, 0.5) is 0 Å². The van der Waals surface area contributed by atoms with Crippen molar-refractivity contribution in [2.75, 3.05) is 19.8 Å². The molecule has 0 aromatic rings. The Bertz CT molecular complexity index is 461. The summed E-state index contributed by atoms with van der Waals surface area (Å²) in [5.41, 5.74) is 0. The number of hydrogen-bond acceptors (Lipinski definition) is 8. The molecular weight excluding hydrogens is 334 g/mol. The summed E-state index contributed by atoms with van der Waals surface area (Å²) in [6.45, 7) is -1.46. The normalized spacial score (nSPS) is 14.3. The van der Waals surface area contributed by atoms with Gasteiger partial charge in [-0.2, -0.15) is 0 Å². The molecular formula is C11H19N3O8S. The highest BCUT2D eigenvalue weighted by Gasteiger charge is 2.30. The fraction of sp³-hybridized carbons (Fsp3) is 0.636. The summed E-state index contributed by atoms with van der Waals surface area (Å²) in [5, 5.41) is 39.7. The minimum absolute atomic E-state index is 0.634. The van der Waals surface area contributed by atoms with Gasteiger partial charge in [0.2, 0.25) is 17.7 Å². The monoisotopic (exact) mass is 353 g/mol. The van der Waals surface area contributed by atoms with Gasteiger partial charge in [0.05, 0.1) is 19.8 Å². The summed E-state index contributed by atoms with van der Waals surface area (Å²) in [4.78, 5) is 45.5. The fourth-order valence-corrected chi connectivity index (χ4v) is 1.59. The topological polar surface area (TPSA) is 176 Å². The van der Waals surface area contributed by atoms with E-state index >= 15 is 0 Å². The molecule has 0 aliphatic heterocycles. The summed E-state index contributed by atoms with van der Waals surface area (Å²) in [5.74, 6) is -4.19. The molecule has 23 heavy (non-hydrogen) atoms. The first kappa shape index (κ1) is 21.1. The maximum atomic E-state index is 11.9. The van der Waals surface area contributed by atoms with Gasteiger partial charge in [0.25, 0.3) is 0 Å². The molecule has 0 aliphatic carbocycles. The predicted molar refractivity (Wildman–Crippen MR) is 78.0 cm³/mol. The van der Waals surface area contributed by atoms with Crippen molar-refractivity contribution >= 4 is 36.5 Å². The minimum atomic E-state index is -1.61. The molecule has 0 rings (SSSR count). The lowest BCUT2D eigenvalue weighted by Crippen LogP contribution is -2.57. The molecule has 0 saturated heterocycles. The van der Waals surface area contributed by atoms with Crippen LogP contribution in [-0.2, 0) is 19.2 Å². The van der Waals surface area contributed by atoms with E-state index in [1.807, 2.05) is 10.6 Å². The van der Waals surface area contributed by atoms with Crippen molar-refractivity contribution in [1.82, 2.24) is 14.9 Å². The van der Waals surface area contributed by atoms with Crippen molar-refractivity contribution in [3.05, 3.63) is 0 Å². The van der Waals surface area contributed by atoms with E-state index in [1.54, 1.807) is 0 Å². The lowest BCUT2D eigenvalue weighted by molar-refractivity contribution is -0.144. The molecule has 3 amide bonds. The van der Waals surface area contributed by atoms with Crippen LogP contribution < -0.4 is 10.6 Å². The van der Waals surface area contributed by atoms with Crippen molar-refractivity contribution in [2.45, 2.75) is 25.0 Å². The number of nitrogens with zero attached hydrogens (tertiary/aromatic N) is 1. The molecule has 0 fully saturated rings. The first-order valence-corrected chi connectivity index (χ1v) is 6.74. The van der Waals surface area contributed by atoms with Crippen molar-refractivity contribution in [3.8, 4) is 0 Å². The Hall–Kier alpha value is -1.89. The Balaban J connectivity index is 4.92. The molecule has 3 atom stereocenters. The zero-order valence-corrected chi connectivity index (χ0v) is 13.1. The van der Waals surface area contributed by atoms with Gasteiger partial charge < -0.3 is 31.1 Å². The van der Waals surface area contributed by atoms with Crippen LogP contribution >= 0.6 is 12.8 Å². The molecule has 0 aromatic heterocycles. The van der Waals surface area contributed by atoms with Gasteiger partial charge in [0.1, 0.15) is 18.1 Å². The predicted octanol–water partition coefficient (Wildman–Crippen LogP) is -3.92. The second kappa shape index (κ2) is 9.99. The van der Waals surface area contributed by atoms with Crippen molar-refractivity contribution < 1.29 is 39.6 Å². The van der Waals surface area contributed by atoms with Crippen LogP contribution in [0.25, 0.3) is 0 Å². The van der Waals surface area contributed by atoms with Crippen LogP contribution in [0.3, 0.4) is 0 Å². The Morgan fingerprint density at radius 2 is 1.43 bits per heavy atom. The maximum absolute atomic E-state index is 11.9. The zero-order valence-electron chi connectivity index (χ0n) is 12.2. The van der Waals surface area contributed by atoms with E-state index in [4.69, 9.17) is 20.4 Å². The number of hydrogen-bond donors (Lipinski definition) is 7. The third-order valence-electron chi connectivity index (χ3n) is 2.71. The fourth-order valence-electron chi connectivity index (χ4n) is 1.41. The van der Waals surface area contributed by atoms with Gasteiger partial charge in [0.15, 0.2) is 0 Å². The Kier molecular flexibility index (Phi) is 9.17. The number of aliphatic hydroxyl groups excluding tert-OH is 3. The number of carbonyl (C=O) groups excluding carboxylic acids is 3. The highest BCUT2D eigenvalue weighted by Crippen LogP contribution is 2.04. The van der Waals surface area contributed by atoms with Crippen LogP contribution in [-0.4, -0.2) is 86.4 Å². The second-order valence-corrected chi connectivity index (χ2v) is 4.82. The summed E-state index contributed by atoms with van der Waals surface area (Å²) in [6.07, 6.45) is 0. The lowest BCUT2D eigenvalue weighted by atomic mass is 10.2. The molecule has 0 spiro atoms. The van der Waals surface area contributed by atoms with E-state index in [1.165, 1.54) is 0 Å². The molecule has 0 unspecified atom stereocenters. The molecule has 132 valence electrons. The number of carboxylic acid groups (broad SMARTS) is 1. The lowest BCUT2D eigenvalue weighted by Gasteiger charge is -2.25. The molecule has 0 heterocycles. The van der Waals surface area contributed by atoms with E-state index in [9.17, 15) is 19.2 Å². The number of amides is 3. The van der Waals surface area contributed by atoms with Gasteiger partial charge in [-0.05, 0) is 0 Å². The van der Waals surface area contributed by atoms with E-state index in [0.29, 0.717) is 4.31 Å². The highest BCUT2D eigenvalue weighted by atomic mass is 32.1. The van der Waals surface area contributed by atoms with Crippen molar-refractivity contribution in [2.24, 2.45) is 0 Å². The molecule has 11 nitrogen and oxygen atoms in total. The Morgan fingerprint density at radius 3 is 1.78 bits per heavy atom. The number of carbonyl (C=O) groups is 4. The largest absolute Gasteiger partial charge is 0.480 e. The Morgan fingerprint density at radius 1 is 0.957 bits per heavy atom. The molecule has 0 bridgehead atoms. The van der Waals surface area contributed by atoms with Crippen LogP contribution in [0.15, 0.2) is 0 Å². The molecule has 0 aliphatic rings. The summed E-state index contributed by atoms with van der Waals surface area (Å²) < 4.78 is 0.634. The number of aliphatic hydroxyl groups is 3. The smallest absolute Gasteiger partial charge is 0.328 e. The van der Waals surface area contributed by atoms with Gasteiger partial charge in [0, 0.05) is 6.92 Å². The average molecular weight is 353 g/mol. The number of aliphatic carboxylic acids is 1. The first-order valence-electron chi connectivity index (χ1n) is 6.34. The number of thiol groups is 1. The third kappa shape index (κ3) is 6.40. The number of rotatable bonds is 9. The van der Waals surface area contributed by atoms with Gasteiger partial charge in [-0.1, -0.05) is 12.8 Å². The van der Waals surface area contributed by atoms with Crippen molar-refractivity contribution in [1.29, 1.82) is 0 Å². The molecule has 12 heteroatoms. The van der Waals surface area contributed by atoms with E-state index in [2.05, 4.69) is 12.8 Å². The third-order valence-corrected chi connectivity index (χ3v) is 3.27. The van der Waals surface area contributed by atoms with Crippen LogP contribution in [0.2, 0.25) is 0 Å². The van der Waals surface area contributed by atoms with Crippen molar-refractivity contribution in [3.63, 3.8) is 0 Å². The SMILES string of the molecule is CC(=O)N(S)[C@@H](CO)C(=O)N[C@@H](CO)C(=O)N[C@@H](CO)C(=O)O. The molecule has 0 saturated carbocycles. The zero-order chi connectivity index (χ0) is 18.2. The van der Waals surface area contributed by atoms with E-state index in [-0.39, 0.29) is 0 Å². The van der Waals surface area contributed by atoms with Gasteiger partial charge >= 0.3 is 5.97 Å². The van der Waals surface area contributed by atoms with Gasteiger partial charge in [-0.25, -0.2) is 4.79 Å². The minimum Gasteiger partial charge on any atom is -0.480 e. The second-order valence-electron chi connectivity index (χ2n) is 4.39. The van der Waals surface area contributed by atoms with Gasteiger partial charge in [-0.3, -0.25) is 18.7 Å². The van der Waals surface area contributed by atoms with E-state index < -0.39 is 61.6 Å². The summed E-state index contributed by atoms with van der Waals surface area (Å²) in [6, 6.07) is -4.56. The molecule has 6 N–H and O–H groups in total. The molecule has 0 aromatic carbocycles. The van der Waals surface area contributed by atoms with Crippen LogP contribution in [0.1, 0.15) is 6.92 Å². The summed E-state index contributed by atoms with van der Waals surface area (Å²) >= 11 is 3.73. The standard InChI is InChI=1S/C11H19N3O8S/c1-5(18)14(23)8(4-17)10(20)12-6(2-15)9(19)13-7(3-16)11(21)22/h6-8,15-17,23H,2-4H2,1H3,(H,12,20)(H,13,19)(H,21,22)/t6-,7-,8-/m0/s1. The van der Waals surface area contributed by atoms with Crippen LogP contribution in [0, 0.1) is 0 Å². The summed E-state index contributed by atoms with van der Waals surface area (Å²) in [7, 11) is 0. The van der Waals surface area contributed by atoms with Gasteiger partial charge in [-0.15, -0.1) is 0 Å². The number of nitrogens with one attached hydrogen (secondary N) is 2. The highest BCUT2D eigenvalue weighted by molar-refractivity contribution is 7.78. The van der Waals surface area contributed by atoms with E-state index in [0.717, 1.165) is 6.92 Å². The molecule has 0 radical (unpaired) electrons.